The smallest absolute Gasteiger partial charge is 0.263 e. The average molecular weight is 407 g/mol. The Balaban J connectivity index is 1.49. The number of carbonyl (C=O) groups is 2. The predicted octanol–water partition coefficient (Wildman–Crippen LogP) is 2.12. The largest absolute Gasteiger partial charge is 0.354 e. The molecule has 2 N–H and O–H groups in total. The molecule has 3 rings (SSSR count). The maximum absolute atomic E-state index is 12.9. The number of halogens is 1. The Morgan fingerprint density at radius 3 is 2.27 bits per heavy atom. The number of aromatic nitrogens is 1. The van der Waals surface area contributed by atoms with E-state index in [1.54, 1.807) is 24.4 Å². The lowest BCUT2D eigenvalue weighted by Crippen LogP contribution is -2.38. The van der Waals surface area contributed by atoms with E-state index in [1.807, 2.05) is 30.3 Å². The van der Waals surface area contributed by atoms with Crippen LogP contribution in [0.1, 0.15) is 21.5 Å². The molecule has 1 aromatic heterocycles. The maximum atomic E-state index is 12.9. The van der Waals surface area contributed by atoms with Crippen LogP contribution in [0.4, 0.5) is 4.39 Å². The summed E-state index contributed by atoms with van der Waals surface area (Å²) in [5.74, 6) is -1.08. The summed E-state index contributed by atoms with van der Waals surface area (Å²) in [6, 6.07) is 18.3. The van der Waals surface area contributed by atoms with Gasteiger partial charge in [0.1, 0.15) is 11.4 Å². The van der Waals surface area contributed by atoms with Gasteiger partial charge >= 0.3 is 0 Å². The van der Waals surface area contributed by atoms with Gasteiger partial charge in [0.15, 0.2) is 0 Å². The molecule has 30 heavy (non-hydrogen) atoms. The van der Waals surface area contributed by atoms with Gasteiger partial charge in [0.05, 0.1) is 13.0 Å². The Morgan fingerprint density at radius 2 is 1.53 bits per heavy atom. The zero-order chi connectivity index (χ0) is 21.3. The Morgan fingerprint density at radius 1 is 0.833 bits per heavy atom. The Kier molecular flexibility index (Phi) is 7.10. The molecular weight excluding hydrogens is 385 g/mol. The lowest BCUT2D eigenvalue weighted by molar-refractivity contribution is -0.120. The first-order chi connectivity index (χ1) is 14.5. The van der Waals surface area contributed by atoms with E-state index < -0.39 is 5.91 Å². The van der Waals surface area contributed by atoms with Crippen LogP contribution in [0.15, 0.2) is 77.7 Å². The highest BCUT2D eigenvalue weighted by Crippen LogP contribution is 2.03. The van der Waals surface area contributed by atoms with Crippen LogP contribution in [-0.4, -0.2) is 29.5 Å². The molecule has 0 aliphatic rings. The van der Waals surface area contributed by atoms with Crippen LogP contribution >= 0.6 is 0 Å². The number of nitrogens with zero attached hydrogens (tertiary/aromatic N) is 1. The molecule has 3 aromatic rings. The fraction of sp³-hybridized carbons (Fsp3) is 0.174. The van der Waals surface area contributed by atoms with Crippen molar-refractivity contribution < 1.29 is 14.0 Å². The molecule has 2 amide bonds. The molecule has 0 aliphatic carbocycles. The second-order valence-corrected chi connectivity index (χ2v) is 6.75. The van der Waals surface area contributed by atoms with Gasteiger partial charge in [0.2, 0.25) is 5.91 Å². The third kappa shape index (κ3) is 5.88. The molecule has 0 spiro atoms. The lowest BCUT2D eigenvalue weighted by atomic mass is 10.1. The number of hydrogen-bond acceptors (Lipinski definition) is 3. The van der Waals surface area contributed by atoms with E-state index in [9.17, 15) is 18.8 Å². The average Bonchev–Trinajstić information content (AvgIpc) is 2.75. The number of pyridine rings is 1. The minimum Gasteiger partial charge on any atom is -0.354 e. The molecule has 0 aliphatic heterocycles. The molecule has 2 aromatic carbocycles. The number of hydrogen-bond donors (Lipinski definition) is 2. The molecule has 0 unspecified atom stereocenters. The van der Waals surface area contributed by atoms with E-state index in [0.717, 1.165) is 5.56 Å². The summed E-state index contributed by atoms with van der Waals surface area (Å²) >= 11 is 0. The van der Waals surface area contributed by atoms with Crippen molar-refractivity contribution in [1.29, 1.82) is 0 Å². The molecule has 154 valence electrons. The number of nitrogens with one attached hydrogen (secondary N) is 2. The number of amides is 2. The summed E-state index contributed by atoms with van der Waals surface area (Å²) in [7, 11) is 0. The van der Waals surface area contributed by atoms with Gasteiger partial charge in [-0.25, -0.2) is 4.39 Å². The molecular formula is C23H22FN3O3. The Bertz CT molecular complexity index is 1060. The van der Waals surface area contributed by atoms with Crippen molar-refractivity contribution in [2.45, 2.75) is 13.0 Å². The third-order valence-electron chi connectivity index (χ3n) is 4.47. The summed E-state index contributed by atoms with van der Waals surface area (Å²) in [6.45, 7) is 0.776. The second-order valence-electron chi connectivity index (χ2n) is 6.75. The quantitative estimate of drug-likeness (QED) is 0.562. The van der Waals surface area contributed by atoms with Crippen molar-refractivity contribution in [1.82, 2.24) is 15.2 Å². The second kappa shape index (κ2) is 10.2. The minimum atomic E-state index is -0.491. The summed E-state index contributed by atoms with van der Waals surface area (Å²) in [4.78, 5) is 36.9. The number of benzene rings is 2. The van der Waals surface area contributed by atoms with Gasteiger partial charge in [0.25, 0.3) is 11.5 Å². The van der Waals surface area contributed by atoms with Gasteiger partial charge in [-0.3, -0.25) is 14.4 Å². The van der Waals surface area contributed by atoms with Gasteiger partial charge in [-0.1, -0.05) is 42.5 Å². The summed E-state index contributed by atoms with van der Waals surface area (Å²) in [5, 5.41) is 5.32. The monoisotopic (exact) mass is 407 g/mol. The number of carbonyl (C=O) groups excluding carboxylic acids is 2. The molecule has 0 saturated carbocycles. The highest BCUT2D eigenvalue weighted by molar-refractivity contribution is 5.93. The van der Waals surface area contributed by atoms with Crippen molar-refractivity contribution in [3.63, 3.8) is 0 Å². The van der Waals surface area contributed by atoms with E-state index >= 15 is 0 Å². The highest BCUT2D eigenvalue weighted by atomic mass is 19.1. The Labute approximate surface area is 173 Å². The standard InChI is InChI=1S/C23H22FN3O3/c24-19-10-8-17(9-11-19)15-21(28)25-12-13-26-22(29)20-7-4-14-27(23(20)30)16-18-5-2-1-3-6-18/h1-11,14H,12-13,15-16H2,(H,25,28)(H,26,29). The van der Waals surface area contributed by atoms with Crippen LogP contribution in [0, 0.1) is 5.82 Å². The van der Waals surface area contributed by atoms with Gasteiger partial charge in [0, 0.05) is 19.3 Å². The van der Waals surface area contributed by atoms with Crippen molar-refractivity contribution >= 4 is 11.8 Å². The predicted molar refractivity (Wildman–Crippen MR) is 112 cm³/mol. The number of rotatable bonds is 8. The third-order valence-corrected chi connectivity index (χ3v) is 4.47. The van der Waals surface area contributed by atoms with Crippen LogP contribution in [-0.2, 0) is 17.8 Å². The zero-order valence-corrected chi connectivity index (χ0v) is 16.3. The van der Waals surface area contributed by atoms with E-state index in [2.05, 4.69) is 10.6 Å². The fourth-order valence-electron chi connectivity index (χ4n) is 2.94. The van der Waals surface area contributed by atoms with Crippen LogP contribution < -0.4 is 16.2 Å². The normalized spacial score (nSPS) is 10.4. The van der Waals surface area contributed by atoms with Crippen LogP contribution in [0.3, 0.4) is 0 Å². The first kappa shape index (κ1) is 21.0. The Hall–Kier alpha value is -3.74. The van der Waals surface area contributed by atoms with E-state index in [-0.39, 0.29) is 42.4 Å². The SMILES string of the molecule is O=C(Cc1ccc(F)cc1)NCCNC(=O)c1cccn(Cc2ccccc2)c1=O. The molecule has 0 atom stereocenters. The highest BCUT2D eigenvalue weighted by Gasteiger charge is 2.12. The van der Waals surface area contributed by atoms with Gasteiger partial charge < -0.3 is 15.2 Å². The first-order valence-corrected chi connectivity index (χ1v) is 9.55. The van der Waals surface area contributed by atoms with Crippen LogP contribution in [0.5, 0.6) is 0 Å². The van der Waals surface area contributed by atoms with Crippen molar-refractivity contribution in [2.75, 3.05) is 13.1 Å². The molecule has 7 heteroatoms. The summed E-state index contributed by atoms with van der Waals surface area (Å²) in [6.07, 6.45) is 1.76. The van der Waals surface area contributed by atoms with Crippen molar-refractivity contribution in [3.05, 3.63) is 106 Å². The molecule has 1 heterocycles. The molecule has 0 saturated heterocycles. The topological polar surface area (TPSA) is 80.2 Å². The van der Waals surface area contributed by atoms with Gasteiger partial charge in [-0.15, -0.1) is 0 Å². The lowest BCUT2D eigenvalue weighted by Gasteiger charge is -2.10. The van der Waals surface area contributed by atoms with Gasteiger partial charge in [-0.2, -0.15) is 0 Å². The fourth-order valence-corrected chi connectivity index (χ4v) is 2.94. The van der Waals surface area contributed by atoms with Crippen LogP contribution in [0.2, 0.25) is 0 Å². The molecule has 0 radical (unpaired) electrons. The molecule has 0 bridgehead atoms. The summed E-state index contributed by atoms with van der Waals surface area (Å²) < 4.78 is 14.4. The maximum Gasteiger partial charge on any atom is 0.263 e. The van der Waals surface area contributed by atoms with Crippen molar-refractivity contribution in [2.24, 2.45) is 0 Å². The summed E-state index contributed by atoms with van der Waals surface area (Å²) in [5.41, 5.74) is 1.33. The van der Waals surface area contributed by atoms with Crippen molar-refractivity contribution in [3.8, 4) is 0 Å². The molecule has 0 fully saturated rings. The zero-order valence-electron chi connectivity index (χ0n) is 16.3. The van der Waals surface area contributed by atoms with Gasteiger partial charge in [-0.05, 0) is 35.4 Å². The minimum absolute atomic E-state index is 0.0473. The first-order valence-electron chi connectivity index (χ1n) is 9.55. The van der Waals surface area contributed by atoms with E-state index in [4.69, 9.17) is 0 Å². The van der Waals surface area contributed by atoms with E-state index in [0.29, 0.717) is 12.1 Å². The molecule has 6 nitrogen and oxygen atoms in total. The van der Waals surface area contributed by atoms with Crippen LogP contribution in [0.25, 0.3) is 0 Å². The van der Waals surface area contributed by atoms with E-state index in [1.165, 1.54) is 22.8 Å².